The summed E-state index contributed by atoms with van der Waals surface area (Å²) in [4.78, 5) is 17.0. The Morgan fingerprint density at radius 3 is 2.85 bits per heavy atom. The molecule has 2 N–H and O–H groups in total. The number of fused-ring (bicyclic) bond motifs is 2. The van der Waals surface area contributed by atoms with Crippen LogP contribution in [0.5, 0.6) is 0 Å². The van der Waals surface area contributed by atoms with E-state index in [1.807, 2.05) is 0 Å². The summed E-state index contributed by atoms with van der Waals surface area (Å²) in [7, 11) is 0. The average molecular weight is 393 g/mol. The molecule has 3 rings (SSSR count). The van der Waals surface area contributed by atoms with Crippen molar-refractivity contribution < 1.29 is 14.6 Å². The van der Waals surface area contributed by atoms with Gasteiger partial charge < -0.3 is 15.2 Å². The van der Waals surface area contributed by atoms with E-state index in [2.05, 4.69) is 36.2 Å². The molecule has 1 amide bonds. The minimum absolute atomic E-state index is 0.00323. The van der Waals surface area contributed by atoms with Crippen LogP contribution < -0.4 is 5.32 Å². The van der Waals surface area contributed by atoms with E-state index in [0.717, 1.165) is 63.2 Å². The van der Waals surface area contributed by atoms with Gasteiger partial charge in [0.2, 0.25) is 0 Å². The third-order valence-electron chi connectivity index (χ3n) is 5.49. The highest BCUT2D eigenvalue weighted by atomic mass is 32.1. The fraction of sp³-hybridized carbons (Fsp3) is 0.667. The summed E-state index contributed by atoms with van der Waals surface area (Å²) in [6, 6.07) is 2.07. The Kier molecular flexibility index (Phi) is 7.09. The molecule has 150 valence electrons. The van der Waals surface area contributed by atoms with E-state index >= 15 is 0 Å². The van der Waals surface area contributed by atoms with Crippen molar-refractivity contribution in [1.82, 2.24) is 10.2 Å². The second-order valence-electron chi connectivity index (χ2n) is 7.83. The van der Waals surface area contributed by atoms with Gasteiger partial charge in [0, 0.05) is 37.7 Å². The van der Waals surface area contributed by atoms with Gasteiger partial charge in [0.15, 0.2) is 0 Å². The van der Waals surface area contributed by atoms with Crippen LogP contribution in [0.15, 0.2) is 17.7 Å². The van der Waals surface area contributed by atoms with Gasteiger partial charge in [0.25, 0.3) is 5.91 Å². The smallest absolute Gasteiger partial charge is 0.261 e. The molecule has 0 aliphatic carbocycles. The largest absolute Gasteiger partial charge is 0.396 e. The van der Waals surface area contributed by atoms with Crippen LogP contribution in [0.4, 0.5) is 0 Å². The minimum atomic E-state index is -0.199. The van der Waals surface area contributed by atoms with Crippen molar-refractivity contribution in [2.75, 3.05) is 39.4 Å². The molecule has 6 heteroatoms. The molecule has 1 fully saturated rings. The van der Waals surface area contributed by atoms with Crippen LogP contribution in [-0.4, -0.2) is 55.3 Å². The third-order valence-corrected chi connectivity index (χ3v) is 6.85. The van der Waals surface area contributed by atoms with Gasteiger partial charge in [0.05, 0.1) is 11.5 Å². The summed E-state index contributed by atoms with van der Waals surface area (Å²) < 4.78 is 6.32. The molecule has 1 spiro atoms. The highest BCUT2D eigenvalue weighted by Crippen LogP contribution is 2.45. The van der Waals surface area contributed by atoms with Crippen molar-refractivity contribution in [2.45, 2.75) is 51.6 Å². The van der Waals surface area contributed by atoms with Crippen LogP contribution in [0.3, 0.4) is 0 Å². The van der Waals surface area contributed by atoms with Crippen LogP contribution in [0.2, 0.25) is 0 Å². The van der Waals surface area contributed by atoms with E-state index in [9.17, 15) is 4.79 Å². The zero-order chi connectivity index (χ0) is 19.3. The van der Waals surface area contributed by atoms with Crippen LogP contribution in [-0.2, 0) is 16.8 Å². The fourth-order valence-electron chi connectivity index (χ4n) is 3.84. The Labute approximate surface area is 166 Å². The maximum Gasteiger partial charge on any atom is 0.261 e. The number of likely N-dealkylation sites (tertiary alicyclic amines) is 1. The Morgan fingerprint density at radius 2 is 2.15 bits per heavy atom. The number of aliphatic hydroxyl groups excluding tert-OH is 1. The Bertz CT molecular complexity index is 671. The molecule has 1 aromatic rings. The molecule has 0 bridgehead atoms. The number of hydrogen-bond acceptors (Lipinski definition) is 5. The summed E-state index contributed by atoms with van der Waals surface area (Å²) in [5, 5.41) is 11.8. The van der Waals surface area contributed by atoms with Crippen LogP contribution >= 0.6 is 11.3 Å². The molecule has 3 heterocycles. The normalized spacial score (nSPS) is 18.9. The summed E-state index contributed by atoms with van der Waals surface area (Å²) in [5.74, 6) is 0.00323. The lowest BCUT2D eigenvalue weighted by Gasteiger charge is -2.43. The van der Waals surface area contributed by atoms with E-state index in [1.54, 1.807) is 11.3 Å². The zero-order valence-corrected chi connectivity index (χ0v) is 17.4. The van der Waals surface area contributed by atoms with Crippen molar-refractivity contribution in [2.24, 2.45) is 0 Å². The van der Waals surface area contributed by atoms with Crippen molar-refractivity contribution in [3.05, 3.63) is 33.0 Å². The van der Waals surface area contributed by atoms with E-state index < -0.39 is 0 Å². The lowest BCUT2D eigenvalue weighted by Crippen LogP contribution is -2.46. The molecule has 1 saturated heterocycles. The number of carbonyl (C=O) groups excluding carboxylic acids is 1. The van der Waals surface area contributed by atoms with Crippen LogP contribution in [0.25, 0.3) is 0 Å². The third kappa shape index (κ3) is 4.99. The minimum Gasteiger partial charge on any atom is -0.396 e. The average Bonchev–Trinajstić information content (AvgIpc) is 3.11. The number of ether oxygens (including phenoxy) is 1. The molecule has 5 nitrogen and oxygen atoms in total. The number of nitrogens with one attached hydrogen (secondary N) is 1. The topological polar surface area (TPSA) is 61.8 Å². The number of amides is 1. The summed E-state index contributed by atoms with van der Waals surface area (Å²) in [5.41, 5.74) is 2.46. The Morgan fingerprint density at radius 1 is 1.37 bits per heavy atom. The molecule has 0 unspecified atom stereocenters. The summed E-state index contributed by atoms with van der Waals surface area (Å²) >= 11 is 1.62. The first kappa shape index (κ1) is 20.5. The number of aliphatic hydroxyl groups is 1. The van der Waals surface area contributed by atoms with Gasteiger partial charge in [-0.2, -0.15) is 0 Å². The number of thiophene rings is 1. The van der Waals surface area contributed by atoms with Crippen LogP contribution in [0, 0.1) is 0 Å². The summed E-state index contributed by atoms with van der Waals surface area (Å²) in [6.45, 7) is 8.89. The van der Waals surface area contributed by atoms with Gasteiger partial charge in [-0.1, -0.05) is 11.6 Å². The van der Waals surface area contributed by atoms with E-state index in [4.69, 9.17) is 9.84 Å². The number of hydrogen-bond donors (Lipinski definition) is 2. The molecular weight excluding hydrogens is 360 g/mol. The monoisotopic (exact) mass is 392 g/mol. The SMILES string of the molecule is CC(C)=CCN1CCC2(CC1)OCCc1cc(C(=O)NCCCCO)sc12. The second-order valence-corrected chi connectivity index (χ2v) is 8.88. The Hall–Kier alpha value is -1.21. The number of piperidine rings is 1. The molecule has 0 saturated carbocycles. The highest BCUT2D eigenvalue weighted by Gasteiger charge is 2.42. The van der Waals surface area contributed by atoms with E-state index in [1.165, 1.54) is 16.0 Å². The molecule has 1 aromatic heterocycles. The first-order valence-corrected chi connectivity index (χ1v) is 10.9. The molecule has 2 aliphatic rings. The maximum absolute atomic E-state index is 12.5. The maximum atomic E-state index is 12.5. The molecule has 0 radical (unpaired) electrons. The van der Waals surface area contributed by atoms with Gasteiger partial charge in [-0.25, -0.2) is 0 Å². The van der Waals surface area contributed by atoms with Crippen molar-refractivity contribution in [1.29, 1.82) is 0 Å². The van der Waals surface area contributed by atoms with E-state index in [0.29, 0.717) is 6.54 Å². The van der Waals surface area contributed by atoms with Gasteiger partial charge in [-0.05, 0) is 57.6 Å². The predicted octanol–water partition coefficient (Wildman–Crippen LogP) is 3.08. The number of unbranched alkanes of at least 4 members (excludes halogenated alkanes) is 1. The first-order chi connectivity index (χ1) is 13.0. The van der Waals surface area contributed by atoms with Gasteiger partial charge in [-0.15, -0.1) is 11.3 Å². The van der Waals surface area contributed by atoms with Crippen molar-refractivity contribution >= 4 is 17.2 Å². The fourth-order valence-corrected chi connectivity index (χ4v) is 5.17. The molecule has 0 aromatic carbocycles. The van der Waals surface area contributed by atoms with Crippen LogP contribution in [0.1, 0.15) is 59.6 Å². The molecule has 27 heavy (non-hydrogen) atoms. The van der Waals surface area contributed by atoms with Crippen molar-refractivity contribution in [3.63, 3.8) is 0 Å². The predicted molar refractivity (Wildman–Crippen MR) is 109 cm³/mol. The molecule has 2 aliphatic heterocycles. The van der Waals surface area contributed by atoms with Crippen molar-refractivity contribution in [3.8, 4) is 0 Å². The molecule has 0 atom stereocenters. The lowest BCUT2D eigenvalue weighted by atomic mass is 9.85. The first-order valence-electron chi connectivity index (χ1n) is 10.1. The van der Waals surface area contributed by atoms with Gasteiger partial charge in [-0.3, -0.25) is 9.69 Å². The number of allylic oxidation sites excluding steroid dienone is 1. The summed E-state index contributed by atoms with van der Waals surface area (Å²) in [6.07, 6.45) is 6.70. The standard InChI is InChI=1S/C21H32N2O3S/c1-16(2)5-10-23-11-7-21(8-12-23)19-17(6-14-26-21)15-18(27-19)20(25)22-9-3-4-13-24/h5,15,24H,3-4,6-14H2,1-2H3,(H,22,25). The van der Waals surface area contributed by atoms with Gasteiger partial charge >= 0.3 is 0 Å². The number of carbonyl (C=O) groups is 1. The zero-order valence-electron chi connectivity index (χ0n) is 16.6. The second kappa shape index (κ2) is 9.32. The molecular formula is C21H32N2O3S. The van der Waals surface area contributed by atoms with E-state index in [-0.39, 0.29) is 18.1 Å². The Balaban J connectivity index is 1.65. The quantitative estimate of drug-likeness (QED) is 0.553. The lowest BCUT2D eigenvalue weighted by molar-refractivity contribution is -0.0938. The number of rotatable bonds is 7. The van der Waals surface area contributed by atoms with Gasteiger partial charge in [0.1, 0.15) is 5.60 Å². The highest BCUT2D eigenvalue weighted by molar-refractivity contribution is 7.14. The number of nitrogens with zero attached hydrogens (tertiary/aromatic N) is 1.